The summed E-state index contributed by atoms with van der Waals surface area (Å²) in [5, 5.41) is 1.30. The van der Waals surface area contributed by atoms with Crippen LogP contribution in [0.4, 0.5) is 0 Å². The molecule has 2 aromatic rings. The van der Waals surface area contributed by atoms with Gasteiger partial charge in [0.15, 0.2) is 5.96 Å². The molecule has 2 N–H and O–H groups in total. The Kier molecular flexibility index (Phi) is 4.43. The third kappa shape index (κ3) is 3.38. The normalized spacial score (nSPS) is 16.6. The molecule has 4 nitrogen and oxygen atoms in total. The zero-order valence-corrected chi connectivity index (χ0v) is 12.5. The number of aliphatic imine (C=N–C) groups is 1. The maximum Gasteiger partial charge on any atom is 0.191 e. The molecule has 1 aromatic carbocycles. The topological polar surface area (TPSA) is 46.5 Å². The maximum atomic E-state index is 6.07. The molecule has 0 bridgehead atoms. The number of guanidine groups is 1. The second kappa shape index (κ2) is 6.66. The lowest BCUT2D eigenvalue weighted by Crippen LogP contribution is -2.40. The molecule has 0 aliphatic carbocycles. The van der Waals surface area contributed by atoms with Gasteiger partial charge in [-0.25, -0.2) is 0 Å². The summed E-state index contributed by atoms with van der Waals surface area (Å²) < 4.78 is 2.29. The summed E-state index contributed by atoms with van der Waals surface area (Å²) in [5.41, 5.74) is 7.36. The Morgan fingerprint density at radius 1 is 1.10 bits per heavy atom. The average Bonchev–Trinajstić information content (AvgIpc) is 2.95. The molecular formula is C17H24N4. The third-order valence-electron chi connectivity index (χ3n) is 4.19. The van der Waals surface area contributed by atoms with Crippen molar-refractivity contribution in [3.8, 4) is 0 Å². The molecular weight excluding hydrogens is 260 g/mol. The molecule has 1 aliphatic heterocycles. The van der Waals surface area contributed by atoms with Crippen molar-refractivity contribution in [3.05, 3.63) is 36.5 Å². The number of aryl methyl sites for hydroxylation is 1. The molecule has 1 aromatic heterocycles. The lowest BCUT2D eigenvalue weighted by Gasteiger charge is -2.27. The van der Waals surface area contributed by atoms with Crippen molar-refractivity contribution < 1.29 is 0 Å². The number of benzene rings is 1. The summed E-state index contributed by atoms with van der Waals surface area (Å²) in [6.45, 7) is 3.92. The highest BCUT2D eigenvalue weighted by molar-refractivity contribution is 5.80. The number of rotatable bonds is 4. The van der Waals surface area contributed by atoms with Crippen molar-refractivity contribution >= 4 is 16.9 Å². The molecule has 1 fully saturated rings. The van der Waals surface area contributed by atoms with Crippen molar-refractivity contribution in [1.29, 1.82) is 0 Å². The Balaban J connectivity index is 1.51. The maximum absolute atomic E-state index is 6.07. The van der Waals surface area contributed by atoms with Gasteiger partial charge in [0.1, 0.15) is 0 Å². The van der Waals surface area contributed by atoms with Gasteiger partial charge in [-0.3, -0.25) is 4.99 Å². The number of fused-ring (bicyclic) bond motifs is 1. The molecule has 0 atom stereocenters. The Hall–Kier alpha value is -1.97. The predicted octanol–water partition coefficient (Wildman–Crippen LogP) is 2.83. The van der Waals surface area contributed by atoms with E-state index in [1.165, 1.54) is 30.2 Å². The number of aromatic nitrogens is 1. The first-order valence-corrected chi connectivity index (χ1v) is 7.93. The highest BCUT2D eigenvalue weighted by atomic mass is 15.2. The van der Waals surface area contributed by atoms with Gasteiger partial charge in [-0.1, -0.05) is 18.2 Å². The monoisotopic (exact) mass is 284 g/mol. The van der Waals surface area contributed by atoms with Crippen LogP contribution in [0, 0.1) is 0 Å². The second-order valence-electron chi connectivity index (χ2n) is 5.71. The molecule has 0 saturated carbocycles. The second-order valence-corrected chi connectivity index (χ2v) is 5.71. The van der Waals surface area contributed by atoms with E-state index in [0.29, 0.717) is 0 Å². The third-order valence-corrected chi connectivity index (χ3v) is 4.19. The SMILES string of the molecule is NC(=NCCCn1ccc2ccccc21)N1CCCCC1. The van der Waals surface area contributed by atoms with Crippen LogP contribution in [-0.4, -0.2) is 35.1 Å². The molecule has 1 saturated heterocycles. The molecule has 0 amide bonds. The molecule has 21 heavy (non-hydrogen) atoms. The van der Waals surface area contributed by atoms with Crippen LogP contribution in [0.2, 0.25) is 0 Å². The minimum Gasteiger partial charge on any atom is -0.370 e. The fourth-order valence-electron chi connectivity index (χ4n) is 2.99. The van der Waals surface area contributed by atoms with Crippen LogP contribution in [0.25, 0.3) is 10.9 Å². The first-order chi connectivity index (χ1) is 10.3. The van der Waals surface area contributed by atoms with E-state index in [1.807, 2.05) is 0 Å². The number of nitrogens with two attached hydrogens (primary N) is 1. The minimum atomic E-state index is 0.729. The average molecular weight is 284 g/mol. The smallest absolute Gasteiger partial charge is 0.191 e. The molecule has 3 rings (SSSR count). The predicted molar refractivity (Wildman–Crippen MR) is 88.5 cm³/mol. The summed E-state index contributed by atoms with van der Waals surface area (Å²) in [5.74, 6) is 0.729. The summed E-state index contributed by atoms with van der Waals surface area (Å²) >= 11 is 0. The molecule has 1 aliphatic rings. The van der Waals surface area contributed by atoms with Gasteiger partial charge in [0, 0.05) is 37.9 Å². The summed E-state index contributed by atoms with van der Waals surface area (Å²) in [4.78, 5) is 6.75. The Morgan fingerprint density at radius 2 is 1.90 bits per heavy atom. The molecule has 2 heterocycles. The summed E-state index contributed by atoms with van der Waals surface area (Å²) in [6.07, 6.45) is 6.98. The standard InChI is InChI=1S/C17H24N4/c18-17(21-11-4-1-5-12-21)19-10-6-13-20-14-9-15-7-2-3-8-16(15)20/h2-3,7-9,14H,1,4-6,10-13H2,(H2,18,19). The number of hydrogen-bond acceptors (Lipinski definition) is 1. The number of para-hydroxylation sites is 1. The van der Waals surface area contributed by atoms with Gasteiger partial charge in [-0.15, -0.1) is 0 Å². The molecule has 0 spiro atoms. The Labute approximate surface area is 126 Å². The van der Waals surface area contributed by atoms with Crippen molar-refractivity contribution in [2.24, 2.45) is 10.7 Å². The van der Waals surface area contributed by atoms with E-state index in [1.54, 1.807) is 0 Å². The molecule has 4 heteroatoms. The lowest BCUT2D eigenvalue weighted by atomic mass is 10.1. The largest absolute Gasteiger partial charge is 0.370 e. The summed E-state index contributed by atoms with van der Waals surface area (Å²) in [7, 11) is 0. The van der Waals surface area contributed by atoms with Gasteiger partial charge in [0.05, 0.1) is 0 Å². The first-order valence-electron chi connectivity index (χ1n) is 7.93. The fourth-order valence-corrected chi connectivity index (χ4v) is 2.99. The van der Waals surface area contributed by atoms with Gasteiger partial charge in [-0.2, -0.15) is 0 Å². The zero-order chi connectivity index (χ0) is 14.5. The quantitative estimate of drug-likeness (QED) is 0.533. The van der Waals surface area contributed by atoms with Crippen LogP contribution in [0.5, 0.6) is 0 Å². The van der Waals surface area contributed by atoms with Crippen LogP contribution in [-0.2, 0) is 6.54 Å². The minimum absolute atomic E-state index is 0.729. The van der Waals surface area contributed by atoms with Crippen molar-refractivity contribution in [1.82, 2.24) is 9.47 Å². The van der Waals surface area contributed by atoms with Crippen LogP contribution in [0.3, 0.4) is 0 Å². The van der Waals surface area contributed by atoms with E-state index in [4.69, 9.17) is 5.73 Å². The van der Waals surface area contributed by atoms with Gasteiger partial charge in [-0.05, 0) is 43.2 Å². The van der Waals surface area contributed by atoms with Crippen molar-refractivity contribution in [2.45, 2.75) is 32.2 Å². The van der Waals surface area contributed by atoms with Gasteiger partial charge in [0.25, 0.3) is 0 Å². The van der Waals surface area contributed by atoms with Crippen LogP contribution >= 0.6 is 0 Å². The number of hydrogen-bond donors (Lipinski definition) is 1. The molecule has 0 radical (unpaired) electrons. The fraction of sp³-hybridized carbons (Fsp3) is 0.471. The van der Waals surface area contributed by atoms with E-state index in [0.717, 1.165) is 38.6 Å². The van der Waals surface area contributed by atoms with Crippen molar-refractivity contribution in [3.63, 3.8) is 0 Å². The van der Waals surface area contributed by atoms with Crippen LogP contribution in [0.15, 0.2) is 41.5 Å². The van der Waals surface area contributed by atoms with Crippen LogP contribution < -0.4 is 5.73 Å². The van der Waals surface area contributed by atoms with Gasteiger partial charge >= 0.3 is 0 Å². The number of nitrogens with zero attached hydrogens (tertiary/aromatic N) is 3. The Bertz CT molecular complexity index is 608. The van der Waals surface area contributed by atoms with E-state index < -0.39 is 0 Å². The van der Waals surface area contributed by atoms with Crippen molar-refractivity contribution in [2.75, 3.05) is 19.6 Å². The zero-order valence-electron chi connectivity index (χ0n) is 12.5. The van der Waals surface area contributed by atoms with Gasteiger partial charge in [0.2, 0.25) is 0 Å². The first kappa shape index (κ1) is 14.0. The molecule has 0 unspecified atom stereocenters. The van der Waals surface area contributed by atoms with E-state index in [9.17, 15) is 0 Å². The number of piperidine rings is 1. The highest BCUT2D eigenvalue weighted by Crippen LogP contribution is 2.15. The Morgan fingerprint density at radius 3 is 2.76 bits per heavy atom. The lowest BCUT2D eigenvalue weighted by molar-refractivity contribution is 0.338. The van der Waals surface area contributed by atoms with E-state index in [2.05, 4.69) is 51.0 Å². The number of likely N-dealkylation sites (tertiary alicyclic amines) is 1. The van der Waals surface area contributed by atoms with Crippen LogP contribution in [0.1, 0.15) is 25.7 Å². The highest BCUT2D eigenvalue weighted by Gasteiger charge is 2.11. The molecule has 112 valence electrons. The van der Waals surface area contributed by atoms with E-state index >= 15 is 0 Å². The van der Waals surface area contributed by atoms with E-state index in [-0.39, 0.29) is 0 Å². The van der Waals surface area contributed by atoms with Gasteiger partial charge < -0.3 is 15.2 Å². The summed E-state index contributed by atoms with van der Waals surface area (Å²) in [6, 6.07) is 10.7.